The van der Waals surface area contributed by atoms with Crippen LogP contribution in [0.3, 0.4) is 0 Å². The van der Waals surface area contributed by atoms with Crippen LogP contribution in [0.5, 0.6) is 0 Å². The summed E-state index contributed by atoms with van der Waals surface area (Å²) < 4.78 is 5.02. The van der Waals surface area contributed by atoms with Crippen molar-refractivity contribution >= 4 is 17.9 Å². The lowest BCUT2D eigenvalue weighted by molar-refractivity contribution is -0.144. The number of piperazine rings is 1. The normalized spacial score (nSPS) is 20.2. The molecule has 2 aliphatic rings. The van der Waals surface area contributed by atoms with Crippen LogP contribution in [0.15, 0.2) is 30.3 Å². The van der Waals surface area contributed by atoms with Crippen LogP contribution in [0.2, 0.25) is 0 Å². The molecule has 0 unspecified atom stereocenters. The van der Waals surface area contributed by atoms with E-state index in [9.17, 15) is 14.4 Å². The molecule has 0 spiro atoms. The van der Waals surface area contributed by atoms with Gasteiger partial charge in [-0.05, 0) is 25.3 Å². The third-order valence-electron chi connectivity index (χ3n) is 5.48. The molecule has 2 heterocycles. The third-order valence-corrected chi connectivity index (χ3v) is 5.48. The van der Waals surface area contributed by atoms with E-state index in [4.69, 9.17) is 4.74 Å². The Hall–Kier alpha value is -2.57. The molecule has 7 heteroatoms. The first kappa shape index (κ1) is 20.2. The van der Waals surface area contributed by atoms with Crippen LogP contribution in [0.25, 0.3) is 0 Å². The lowest BCUT2D eigenvalue weighted by Crippen LogP contribution is -2.54. The number of carbonyl (C=O) groups is 3. The maximum absolute atomic E-state index is 12.9. The Morgan fingerprint density at radius 2 is 1.75 bits per heavy atom. The van der Waals surface area contributed by atoms with Crippen LogP contribution in [0, 0.1) is 5.92 Å². The second-order valence-electron chi connectivity index (χ2n) is 7.32. The number of piperidine rings is 1. The van der Waals surface area contributed by atoms with Gasteiger partial charge in [-0.3, -0.25) is 9.59 Å². The van der Waals surface area contributed by atoms with Gasteiger partial charge in [0.25, 0.3) is 0 Å². The largest absolute Gasteiger partial charge is 0.450 e. The van der Waals surface area contributed by atoms with E-state index in [0.29, 0.717) is 58.7 Å². The maximum atomic E-state index is 12.9. The molecule has 0 saturated carbocycles. The van der Waals surface area contributed by atoms with E-state index in [1.165, 1.54) is 5.56 Å². The van der Waals surface area contributed by atoms with Crippen molar-refractivity contribution in [3.63, 3.8) is 0 Å². The van der Waals surface area contributed by atoms with Crippen molar-refractivity contribution < 1.29 is 19.1 Å². The summed E-state index contributed by atoms with van der Waals surface area (Å²) in [5, 5.41) is 0. The smallest absolute Gasteiger partial charge is 0.409 e. The van der Waals surface area contributed by atoms with Gasteiger partial charge in [-0.15, -0.1) is 0 Å². The van der Waals surface area contributed by atoms with E-state index in [2.05, 4.69) is 12.1 Å². The fourth-order valence-corrected chi connectivity index (χ4v) is 3.82. The van der Waals surface area contributed by atoms with E-state index in [-0.39, 0.29) is 23.8 Å². The Morgan fingerprint density at radius 3 is 2.43 bits per heavy atom. The predicted molar refractivity (Wildman–Crippen MR) is 105 cm³/mol. The van der Waals surface area contributed by atoms with Gasteiger partial charge in [0, 0.05) is 45.7 Å². The summed E-state index contributed by atoms with van der Waals surface area (Å²) in [6, 6.07) is 10.1. The standard InChI is InChI=1S/C21H29N3O4/c1-2-28-21(27)23-14-12-22(13-15-23)20(26)18-8-9-19(25)24(16-18)11-10-17-6-4-3-5-7-17/h3-7,18H,2,8-16H2,1H3/t18-/m0/s1. The molecule has 0 radical (unpaired) electrons. The van der Waals surface area contributed by atoms with E-state index < -0.39 is 0 Å². The molecule has 7 nitrogen and oxygen atoms in total. The number of hydrogen-bond acceptors (Lipinski definition) is 4. The molecule has 0 aliphatic carbocycles. The van der Waals surface area contributed by atoms with E-state index >= 15 is 0 Å². The summed E-state index contributed by atoms with van der Waals surface area (Å²) in [4.78, 5) is 42.3. The van der Waals surface area contributed by atoms with Gasteiger partial charge in [0.15, 0.2) is 0 Å². The Bertz CT molecular complexity index is 686. The highest BCUT2D eigenvalue weighted by Gasteiger charge is 2.34. The van der Waals surface area contributed by atoms with Gasteiger partial charge in [-0.2, -0.15) is 0 Å². The van der Waals surface area contributed by atoms with Crippen molar-refractivity contribution in [3.05, 3.63) is 35.9 Å². The highest BCUT2D eigenvalue weighted by Crippen LogP contribution is 2.21. The van der Waals surface area contributed by atoms with E-state index in [0.717, 1.165) is 6.42 Å². The van der Waals surface area contributed by atoms with Crippen LogP contribution in [0.4, 0.5) is 4.79 Å². The summed E-state index contributed by atoms with van der Waals surface area (Å²) in [6.45, 7) is 5.30. The fraction of sp³-hybridized carbons (Fsp3) is 0.571. The molecule has 152 valence electrons. The lowest BCUT2D eigenvalue weighted by atomic mass is 9.95. The number of hydrogen-bond donors (Lipinski definition) is 0. The molecule has 0 bridgehead atoms. The number of rotatable bonds is 5. The third kappa shape index (κ3) is 5.03. The maximum Gasteiger partial charge on any atom is 0.409 e. The van der Waals surface area contributed by atoms with Crippen molar-refractivity contribution in [3.8, 4) is 0 Å². The second-order valence-corrected chi connectivity index (χ2v) is 7.32. The Kier molecular flexibility index (Phi) is 6.90. The van der Waals surface area contributed by atoms with Crippen LogP contribution in [-0.4, -0.2) is 78.5 Å². The predicted octanol–water partition coefficient (Wildman–Crippen LogP) is 1.77. The van der Waals surface area contributed by atoms with Gasteiger partial charge in [0.2, 0.25) is 11.8 Å². The molecule has 1 atom stereocenters. The first-order chi connectivity index (χ1) is 13.6. The minimum Gasteiger partial charge on any atom is -0.450 e. The molecule has 2 saturated heterocycles. The molecule has 0 aromatic heterocycles. The monoisotopic (exact) mass is 387 g/mol. The number of amides is 3. The zero-order valence-corrected chi connectivity index (χ0v) is 16.5. The lowest BCUT2D eigenvalue weighted by Gasteiger charge is -2.38. The van der Waals surface area contributed by atoms with Gasteiger partial charge < -0.3 is 19.4 Å². The van der Waals surface area contributed by atoms with Crippen LogP contribution in [-0.2, 0) is 20.7 Å². The highest BCUT2D eigenvalue weighted by molar-refractivity contribution is 5.84. The van der Waals surface area contributed by atoms with Crippen LogP contribution in [0.1, 0.15) is 25.3 Å². The molecule has 2 aliphatic heterocycles. The summed E-state index contributed by atoms with van der Waals surface area (Å²) in [6.07, 6.45) is 1.52. The second kappa shape index (κ2) is 9.57. The Balaban J connectivity index is 1.50. The van der Waals surface area contributed by atoms with Crippen molar-refractivity contribution in [1.29, 1.82) is 0 Å². The van der Waals surface area contributed by atoms with Crippen LogP contribution < -0.4 is 0 Å². The van der Waals surface area contributed by atoms with Crippen molar-refractivity contribution in [2.24, 2.45) is 5.92 Å². The molecule has 1 aromatic carbocycles. The quantitative estimate of drug-likeness (QED) is 0.772. The van der Waals surface area contributed by atoms with Crippen molar-refractivity contribution in [2.45, 2.75) is 26.2 Å². The number of likely N-dealkylation sites (tertiary alicyclic amines) is 1. The van der Waals surface area contributed by atoms with Crippen molar-refractivity contribution in [1.82, 2.24) is 14.7 Å². The Morgan fingerprint density at radius 1 is 1.07 bits per heavy atom. The SMILES string of the molecule is CCOC(=O)N1CCN(C(=O)[C@H]2CCC(=O)N(CCc3ccccc3)C2)CC1. The van der Waals surface area contributed by atoms with Gasteiger partial charge in [-0.25, -0.2) is 4.79 Å². The number of benzene rings is 1. The number of nitrogens with zero attached hydrogens (tertiary/aromatic N) is 3. The first-order valence-electron chi connectivity index (χ1n) is 10.1. The summed E-state index contributed by atoms with van der Waals surface area (Å²) in [5.41, 5.74) is 1.19. The molecular formula is C21H29N3O4. The average molecular weight is 387 g/mol. The Labute approximate surface area is 166 Å². The van der Waals surface area contributed by atoms with Gasteiger partial charge in [0.1, 0.15) is 0 Å². The zero-order valence-electron chi connectivity index (χ0n) is 16.5. The first-order valence-corrected chi connectivity index (χ1v) is 10.1. The molecule has 3 amide bonds. The van der Waals surface area contributed by atoms with Gasteiger partial charge in [-0.1, -0.05) is 30.3 Å². The van der Waals surface area contributed by atoms with Gasteiger partial charge in [0.05, 0.1) is 12.5 Å². The minimum atomic E-state index is -0.315. The molecule has 2 fully saturated rings. The van der Waals surface area contributed by atoms with Gasteiger partial charge >= 0.3 is 6.09 Å². The van der Waals surface area contributed by atoms with Crippen molar-refractivity contribution in [2.75, 3.05) is 45.9 Å². The van der Waals surface area contributed by atoms with E-state index in [1.807, 2.05) is 28.0 Å². The molecule has 3 rings (SSSR count). The summed E-state index contributed by atoms with van der Waals surface area (Å²) in [7, 11) is 0. The zero-order chi connectivity index (χ0) is 19.9. The van der Waals surface area contributed by atoms with Crippen LogP contribution >= 0.6 is 0 Å². The topological polar surface area (TPSA) is 70.2 Å². The fourth-order valence-electron chi connectivity index (χ4n) is 3.82. The van der Waals surface area contributed by atoms with E-state index in [1.54, 1.807) is 11.8 Å². The molecule has 28 heavy (non-hydrogen) atoms. The number of ether oxygens (including phenoxy) is 1. The molecule has 0 N–H and O–H groups in total. The highest BCUT2D eigenvalue weighted by atomic mass is 16.6. The summed E-state index contributed by atoms with van der Waals surface area (Å²) >= 11 is 0. The molecular weight excluding hydrogens is 358 g/mol. The minimum absolute atomic E-state index is 0.0979. The molecule has 1 aromatic rings. The number of carbonyl (C=O) groups excluding carboxylic acids is 3. The summed E-state index contributed by atoms with van der Waals surface area (Å²) in [5.74, 6) is 0.0791. The average Bonchev–Trinajstić information content (AvgIpc) is 2.73.